The molecule has 2 aromatic heterocycles. The lowest BCUT2D eigenvalue weighted by molar-refractivity contribution is 1.11. The molecule has 3 aromatic rings. The molecule has 0 saturated heterocycles. The zero-order chi connectivity index (χ0) is 14.8. The molecule has 0 aliphatic carbocycles. The van der Waals surface area contributed by atoms with Gasteiger partial charge in [0.2, 0.25) is 11.9 Å². The van der Waals surface area contributed by atoms with Gasteiger partial charge in [0.25, 0.3) is 5.56 Å². The first-order valence-electron chi connectivity index (χ1n) is 6.42. The molecular weight excluding hydrogens is 270 g/mol. The SMILES string of the molecule is CCc1ccc(/N=N/c2nc3c(=O)[nH]c(N)nc3[nH]2)cc1. The third-order valence-electron chi connectivity index (χ3n) is 2.97. The smallest absolute Gasteiger partial charge is 0.280 e. The summed E-state index contributed by atoms with van der Waals surface area (Å²) in [6.45, 7) is 2.08. The number of anilines is 1. The van der Waals surface area contributed by atoms with Crippen molar-refractivity contribution in [2.45, 2.75) is 13.3 Å². The van der Waals surface area contributed by atoms with E-state index in [0.717, 1.165) is 6.42 Å². The van der Waals surface area contributed by atoms with Crippen LogP contribution in [-0.4, -0.2) is 19.9 Å². The fourth-order valence-corrected chi connectivity index (χ4v) is 1.87. The molecule has 0 aliphatic rings. The summed E-state index contributed by atoms with van der Waals surface area (Å²) in [5.41, 5.74) is 7.41. The highest BCUT2D eigenvalue weighted by molar-refractivity contribution is 5.72. The Hall–Kier alpha value is -3.03. The lowest BCUT2D eigenvalue weighted by Crippen LogP contribution is -2.10. The third kappa shape index (κ3) is 2.64. The zero-order valence-electron chi connectivity index (χ0n) is 11.3. The number of nitrogens with two attached hydrogens (primary N) is 1. The van der Waals surface area contributed by atoms with Gasteiger partial charge >= 0.3 is 0 Å². The molecule has 0 amide bonds. The quantitative estimate of drug-likeness (QED) is 0.637. The van der Waals surface area contributed by atoms with Gasteiger partial charge in [-0.05, 0) is 24.1 Å². The number of benzene rings is 1. The van der Waals surface area contributed by atoms with Crippen LogP contribution >= 0.6 is 0 Å². The highest BCUT2D eigenvalue weighted by Gasteiger charge is 2.08. The van der Waals surface area contributed by atoms with Gasteiger partial charge in [-0.1, -0.05) is 19.1 Å². The van der Waals surface area contributed by atoms with Gasteiger partial charge in [-0.15, -0.1) is 10.2 Å². The maximum atomic E-state index is 11.6. The number of fused-ring (bicyclic) bond motifs is 1. The van der Waals surface area contributed by atoms with Crippen LogP contribution in [0.5, 0.6) is 0 Å². The molecule has 4 N–H and O–H groups in total. The average molecular weight is 283 g/mol. The van der Waals surface area contributed by atoms with E-state index in [0.29, 0.717) is 5.69 Å². The van der Waals surface area contributed by atoms with Crippen LogP contribution in [0, 0.1) is 0 Å². The Morgan fingerprint density at radius 2 is 1.90 bits per heavy atom. The number of aromatic amines is 2. The Morgan fingerprint density at radius 3 is 2.62 bits per heavy atom. The van der Waals surface area contributed by atoms with E-state index in [1.807, 2.05) is 24.3 Å². The van der Waals surface area contributed by atoms with Crippen LogP contribution in [0.4, 0.5) is 17.6 Å². The summed E-state index contributed by atoms with van der Waals surface area (Å²) in [6.07, 6.45) is 0.969. The number of nitrogen functional groups attached to an aromatic ring is 1. The second-order valence-corrected chi connectivity index (χ2v) is 4.43. The predicted molar refractivity (Wildman–Crippen MR) is 78.9 cm³/mol. The lowest BCUT2D eigenvalue weighted by Gasteiger charge is -1.95. The van der Waals surface area contributed by atoms with Gasteiger partial charge < -0.3 is 10.7 Å². The second kappa shape index (κ2) is 5.16. The van der Waals surface area contributed by atoms with Crippen molar-refractivity contribution in [2.75, 3.05) is 5.73 Å². The van der Waals surface area contributed by atoms with E-state index in [2.05, 4.69) is 37.1 Å². The number of azo groups is 1. The summed E-state index contributed by atoms with van der Waals surface area (Å²) in [5.74, 6) is 0.225. The van der Waals surface area contributed by atoms with E-state index in [-0.39, 0.29) is 23.1 Å². The van der Waals surface area contributed by atoms with Crippen LogP contribution in [-0.2, 0) is 6.42 Å². The van der Waals surface area contributed by atoms with Crippen molar-refractivity contribution >= 4 is 28.7 Å². The van der Waals surface area contributed by atoms with Crippen molar-refractivity contribution < 1.29 is 0 Å². The molecule has 0 atom stereocenters. The van der Waals surface area contributed by atoms with Gasteiger partial charge in [-0.3, -0.25) is 9.78 Å². The van der Waals surface area contributed by atoms with Crippen molar-refractivity contribution in [1.29, 1.82) is 0 Å². The minimum atomic E-state index is -0.414. The molecule has 0 fully saturated rings. The number of hydrogen-bond donors (Lipinski definition) is 3. The van der Waals surface area contributed by atoms with Gasteiger partial charge in [0, 0.05) is 0 Å². The van der Waals surface area contributed by atoms with E-state index >= 15 is 0 Å². The predicted octanol–water partition coefficient (Wildman–Crippen LogP) is 2.21. The molecule has 0 spiro atoms. The first-order chi connectivity index (χ1) is 10.2. The molecule has 3 rings (SSSR count). The molecule has 8 heteroatoms. The third-order valence-corrected chi connectivity index (χ3v) is 2.97. The van der Waals surface area contributed by atoms with E-state index in [9.17, 15) is 4.79 Å². The number of nitrogens with zero attached hydrogens (tertiary/aromatic N) is 4. The maximum absolute atomic E-state index is 11.6. The summed E-state index contributed by atoms with van der Waals surface area (Å²) < 4.78 is 0. The second-order valence-electron chi connectivity index (χ2n) is 4.43. The molecule has 1 aromatic carbocycles. The van der Waals surface area contributed by atoms with Gasteiger partial charge in [0.1, 0.15) is 0 Å². The zero-order valence-corrected chi connectivity index (χ0v) is 11.3. The molecule has 2 heterocycles. The Bertz CT molecular complexity index is 860. The standard InChI is InChI=1S/C13H13N7O/c1-2-7-3-5-8(6-4-7)19-20-13-15-9-10(17-13)16-12(14)18-11(9)21/h3-6H,2H2,1H3,(H4,14,15,16,17,18,21)/b20-19+. The molecular formula is C13H13N7O. The van der Waals surface area contributed by atoms with Crippen molar-refractivity contribution in [2.24, 2.45) is 10.2 Å². The minimum Gasteiger partial charge on any atom is -0.369 e. The molecule has 0 aliphatic heterocycles. The van der Waals surface area contributed by atoms with Crippen molar-refractivity contribution in [3.63, 3.8) is 0 Å². The van der Waals surface area contributed by atoms with Crippen molar-refractivity contribution in [3.05, 3.63) is 40.2 Å². The highest BCUT2D eigenvalue weighted by atomic mass is 16.1. The Kier molecular flexibility index (Phi) is 3.19. The largest absolute Gasteiger partial charge is 0.369 e. The summed E-state index contributed by atoms with van der Waals surface area (Å²) in [6, 6.07) is 7.71. The summed E-state index contributed by atoms with van der Waals surface area (Å²) in [7, 11) is 0. The molecule has 106 valence electrons. The Balaban J connectivity index is 1.91. The number of aryl methyl sites for hydroxylation is 1. The number of rotatable bonds is 3. The van der Waals surface area contributed by atoms with E-state index in [1.54, 1.807) is 0 Å². The molecule has 0 saturated carbocycles. The van der Waals surface area contributed by atoms with Gasteiger partial charge in [0.05, 0.1) is 5.69 Å². The topological polar surface area (TPSA) is 125 Å². The first-order valence-corrected chi connectivity index (χ1v) is 6.42. The van der Waals surface area contributed by atoms with Crippen LogP contribution in [0.2, 0.25) is 0 Å². The molecule has 0 unspecified atom stereocenters. The van der Waals surface area contributed by atoms with Gasteiger partial charge in [0.15, 0.2) is 11.2 Å². The van der Waals surface area contributed by atoms with Crippen LogP contribution in [0.15, 0.2) is 39.3 Å². The van der Waals surface area contributed by atoms with Gasteiger partial charge in [-0.2, -0.15) is 4.98 Å². The van der Waals surface area contributed by atoms with Crippen LogP contribution in [0.1, 0.15) is 12.5 Å². The fourth-order valence-electron chi connectivity index (χ4n) is 1.87. The van der Waals surface area contributed by atoms with Crippen LogP contribution in [0.25, 0.3) is 11.2 Å². The van der Waals surface area contributed by atoms with E-state index in [4.69, 9.17) is 5.73 Å². The number of hydrogen-bond acceptors (Lipinski definition) is 6. The van der Waals surface area contributed by atoms with E-state index in [1.165, 1.54) is 5.56 Å². The lowest BCUT2D eigenvalue weighted by atomic mass is 10.2. The number of nitrogens with one attached hydrogen (secondary N) is 2. The van der Waals surface area contributed by atoms with E-state index < -0.39 is 5.56 Å². The number of H-pyrrole nitrogens is 2. The average Bonchev–Trinajstić information content (AvgIpc) is 2.89. The first kappa shape index (κ1) is 13.0. The Morgan fingerprint density at radius 1 is 1.14 bits per heavy atom. The van der Waals surface area contributed by atoms with Crippen molar-refractivity contribution in [1.82, 2.24) is 19.9 Å². The van der Waals surface area contributed by atoms with Crippen LogP contribution in [0.3, 0.4) is 0 Å². The molecule has 0 radical (unpaired) electrons. The maximum Gasteiger partial charge on any atom is 0.280 e. The van der Waals surface area contributed by atoms with Crippen LogP contribution < -0.4 is 11.3 Å². The summed E-state index contributed by atoms with van der Waals surface area (Å²) in [4.78, 5) is 24.7. The molecule has 21 heavy (non-hydrogen) atoms. The minimum absolute atomic E-state index is 0.0230. The summed E-state index contributed by atoms with van der Waals surface area (Å²) in [5, 5.41) is 8.02. The van der Waals surface area contributed by atoms with Gasteiger partial charge in [-0.25, -0.2) is 4.98 Å². The van der Waals surface area contributed by atoms with Crippen molar-refractivity contribution in [3.8, 4) is 0 Å². The summed E-state index contributed by atoms with van der Waals surface area (Å²) >= 11 is 0. The fraction of sp³-hybridized carbons (Fsp3) is 0.154. The monoisotopic (exact) mass is 283 g/mol. The highest BCUT2D eigenvalue weighted by Crippen LogP contribution is 2.18. The normalized spacial score (nSPS) is 11.5. The Labute approximate surface area is 119 Å². The number of imidazole rings is 1. The molecule has 0 bridgehead atoms. The molecule has 8 nitrogen and oxygen atoms in total. The number of aromatic nitrogens is 4.